The van der Waals surface area contributed by atoms with Crippen molar-refractivity contribution in [2.75, 3.05) is 0 Å². The van der Waals surface area contributed by atoms with Gasteiger partial charge in [0, 0.05) is 22.5 Å². The molecule has 1 aliphatic heterocycles. The molecule has 1 aromatic carbocycles. The molecule has 0 amide bonds. The minimum absolute atomic E-state index is 0.0196. The summed E-state index contributed by atoms with van der Waals surface area (Å²) in [6.45, 7) is 0. The lowest BCUT2D eigenvalue weighted by Crippen LogP contribution is -2.46. The molecule has 0 bridgehead atoms. The van der Waals surface area contributed by atoms with E-state index in [4.69, 9.17) is 10.5 Å². The Bertz CT molecular complexity index is 528. The highest BCUT2D eigenvalue weighted by molar-refractivity contribution is 9.10. The standard InChI is InChI=1S/C17H22BrNO/c18-13-5-6-16-14(8-13)15(19)10-17(20-16)7-1-2-12(9-17)11-3-4-11/h5-6,8,11-12,15H,1-4,7,9-10,19H2/t12?,15-,17?/m1/s1. The lowest BCUT2D eigenvalue weighted by Gasteiger charge is -2.46. The van der Waals surface area contributed by atoms with Crippen LogP contribution >= 0.6 is 15.9 Å². The van der Waals surface area contributed by atoms with Crippen LogP contribution in [0.2, 0.25) is 0 Å². The summed E-state index contributed by atoms with van der Waals surface area (Å²) in [5.41, 5.74) is 7.64. The van der Waals surface area contributed by atoms with E-state index >= 15 is 0 Å². The number of ether oxygens (including phenoxy) is 1. The first-order chi connectivity index (χ1) is 9.65. The first-order valence-corrected chi connectivity index (χ1v) is 8.69. The summed E-state index contributed by atoms with van der Waals surface area (Å²) in [7, 11) is 0. The van der Waals surface area contributed by atoms with Gasteiger partial charge in [-0.2, -0.15) is 0 Å². The predicted molar refractivity (Wildman–Crippen MR) is 83.7 cm³/mol. The van der Waals surface area contributed by atoms with Crippen LogP contribution in [-0.2, 0) is 0 Å². The fourth-order valence-corrected chi connectivity index (χ4v) is 4.68. The maximum atomic E-state index is 6.49. The molecule has 2 nitrogen and oxygen atoms in total. The third kappa shape index (κ3) is 2.29. The van der Waals surface area contributed by atoms with Crippen LogP contribution in [0.4, 0.5) is 0 Å². The smallest absolute Gasteiger partial charge is 0.124 e. The van der Waals surface area contributed by atoms with Crippen LogP contribution in [0, 0.1) is 11.8 Å². The van der Waals surface area contributed by atoms with Crippen molar-refractivity contribution < 1.29 is 4.74 Å². The average Bonchev–Trinajstić information content (AvgIpc) is 3.24. The highest BCUT2D eigenvalue weighted by atomic mass is 79.9. The second kappa shape index (κ2) is 4.74. The first-order valence-electron chi connectivity index (χ1n) is 7.89. The van der Waals surface area contributed by atoms with E-state index in [1.54, 1.807) is 0 Å². The third-order valence-corrected chi connectivity index (χ3v) is 5.91. The summed E-state index contributed by atoms with van der Waals surface area (Å²) < 4.78 is 7.58. The highest BCUT2D eigenvalue weighted by Gasteiger charge is 2.46. The minimum atomic E-state index is 0.0196. The molecule has 2 fully saturated rings. The van der Waals surface area contributed by atoms with Crippen molar-refractivity contribution >= 4 is 15.9 Å². The topological polar surface area (TPSA) is 35.2 Å². The largest absolute Gasteiger partial charge is 0.487 e. The van der Waals surface area contributed by atoms with Crippen molar-refractivity contribution in [2.24, 2.45) is 17.6 Å². The van der Waals surface area contributed by atoms with Crippen LogP contribution in [0.25, 0.3) is 0 Å². The summed E-state index contributed by atoms with van der Waals surface area (Å²) in [6.07, 6.45) is 8.98. The fraction of sp³-hybridized carbons (Fsp3) is 0.647. The van der Waals surface area contributed by atoms with Crippen molar-refractivity contribution in [1.29, 1.82) is 0 Å². The monoisotopic (exact) mass is 335 g/mol. The van der Waals surface area contributed by atoms with Gasteiger partial charge >= 0.3 is 0 Å². The molecule has 3 atom stereocenters. The van der Waals surface area contributed by atoms with E-state index in [0.717, 1.165) is 28.5 Å². The number of hydrogen-bond donors (Lipinski definition) is 1. The summed E-state index contributed by atoms with van der Waals surface area (Å²) >= 11 is 3.53. The summed E-state index contributed by atoms with van der Waals surface area (Å²) in [5.74, 6) is 2.88. The fourth-order valence-electron chi connectivity index (χ4n) is 4.30. The van der Waals surface area contributed by atoms with Crippen LogP contribution in [0.15, 0.2) is 22.7 Å². The van der Waals surface area contributed by atoms with E-state index in [1.807, 2.05) is 0 Å². The summed E-state index contributed by atoms with van der Waals surface area (Å²) in [6, 6.07) is 6.38. The molecular formula is C17H22BrNO. The summed E-state index contributed by atoms with van der Waals surface area (Å²) in [4.78, 5) is 0. The van der Waals surface area contributed by atoms with Gasteiger partial charge in [-0.25, -0.2) is 0 Å². The van der Waals surface area contributed by atoms with Crippen LogP contribution in [0.5, 0.6) is 5.75 Å². The molecule has 3 aliphatic rings. The molecule has 0 aromatic heterocycles. The number of hydrogen-bond acceptors (Lipinski definition) is 2. The molecule has 20 heavy (non-hydrogen) atoms. The van der Waals surface area contributed by atoms with Gasteiger partial charge in [-0.3, -0.25) is 0 Å². The second-order valence-electron chi connectivity index (χ2n) is 6.97. The molecule has 4 rings (SSSR count). The van der Waals surface area contributed by atoms with Crippen molar-refractivity contribution in [3.8, 4) is 5.75 Å². The second-order valence-corrected chi connectivity index (χ2v) is 7.89. The molecule has 1 heterocycles. The number of rotatable bonds is 1. The van der Waals surface area contributed by atoms with E-state index in [1.165, 1.54) is 44.1 Å². The van der Waals surface area contributed by atoms with Gasteiger partial charge in [-0.15, -0.1) is 0 Å². The van der Waals surface area contributed by atoms with E-state index in [0.29, 0.717) is 0 Å². The predicted octanol–water partition coefficient (Wildman–Crippen LogP) is 4.57. The Labute approximate surface area is 129 Å². The Morgan fingerprint density at radius 3 is 2.80 bits per heavy atom. The van der Waals surface area contributed by atoms with Gasteiger partial charge in [0.25, 0.3) is 0 Å². The molecule has 2 N–H and O–H groups in total. The average molecular weight is 336 g/mol. The molecule has 1 spiro atoms. The van der Waals surface area contributed by atoms with Gasteiger partial charge in [0.15, 0.2) is 0 Å². The van der Waals surface area contributed by atoms with Crippen LogP contribution in [0.3, 0.4) is 0 Å². The molecular weight excluding hydrogens is 314 g/mol. The van der Waals surface area contributed by atoms with E-state index in [9.17, 15) is 0 Å². The zero-order chi connectivity index (χ0) is 13.7. The third-order valence-electron chi connectivity index (χ3n) is 5.42. The molecule has 0 radical (unpaired) electrons. The molecule has 0 saturated heterocycles. The zero-order valence-electron chi connectivity index (χ0n) is 11.8. The SMILES string of the molecule is N[C@@H]1CC2(CCCC(C3CC3)C2)Oc2ccc(Br)cc21. The van der Waals surface area contributed by atoms with Crippen LogP contribution < -0.4 is 10.5 Å². The van der Waals surface area contributed by atoms with Gasteiger partial charge in [0.2, 0.25) is 0 Å². The van der Waals surface area contributed by atoms with Crippen molar-refractivity contribution in [2.45, 2.75) is 56.6 Å². The number of nitrogens with two attached hydrogens (primary N) is 1. The van der Waals surface area contributed by atoms with Crippen molar-refractivity contribution in [3.63, 3.8) is 0 Å². The Morgan fingerprint density at radius 2 is 2.00 bits per heavy atom. The maximum absolute atomic E-state index is 6.49. The Kier molecular flexibility index (Phi) is 3.11. The zero-order valence-corrected chi connectivity index (χ0v) is 13.4. The lowest BCUT2D eigenvalue weighted by molar-refractivity contribution is -0.0207. The van der Waals surface area contributed by atoms with E-state index < -0.39 is 0 Å². The number of fused-ring (bicyclic) bond motifs is 1. The Hall–Kier alpha value is -0.540. The molecule has 2 aliphatic carbocycles. The van der Waals surface area contributed by atoms with E-state index in [2.05, 4.69) is 34.1 Å². The van der Waals surface area contributed by atoms with Gasteiger partial charge in [0.1, 0.15) is 11.4 Å². The van der Waals surface area contributed by atoms with Gasteiger partial charge in [-0.1, -0.05) is 15.9 Å². The van der Waals surface area contributed by atoms with Crippen molar-refractivity contribution in [1.82, 2.24) is 0 Å². The summed E-state index contributed by atoms with van der Waals surface area (Å²) in [5, 5.41) is 0. The van der Waals surface area contributed by atoms with Crippen LogP contribution in [0.1, 0.15) is 56.6 Å². The highest BCUT2D eigenvalue weighted by Crippen LogP contribution is 2.52. The van der Waals surface area contributed by atoms with Crippen LogP contribution in [-0.4, -0.2) is 5.60 Å². The lowest BCUT2D eigenvalue weighted by atomic mass is 9.71. The number of halogens is 1. The number of benzene rings is 1. The molecule has 1 aromatic rings. The minimum Gasteiger partial charge on any atom is -0.487 e. The van der Waals surface area contributed by atoms with E-state index in [-0.39, 0.29) is 11.6 Å². The maximum Gasteiger partial charge on any atom is 0.124 e. The Morgan fingerprint density at radius 1 is 1.15 bits per heavy atom. The first kappa shape index (κ1) is 13.1. The van der Waals surface area contributed by atoms with Gasteiger partial charge in [-0.05, 0) is 68.6 Å². The quantitative estimate of drug-likeness (QED) is 0.815. The molecule has 108 valence electrons. The van der Waals surface area contributed by atoms with Crippen molar-refractivity contribution in [3.05, 3.63) is 28.2 Å². The molecule has 2 saturated carbocycles. The van der Waals surface area contributed by atoms with Gasteiger partial charge < -0.3 is 10.5 Å². The molecule has 2 unspecified atom stereocenters. The molecule has 3 heteroatoms. The normalized spacial score (nSPS) is 36.5. The Balaban J connectivity index is 1.62. The van der Waals surface area contributed by atoms with Gasteiger partial charge in [0.05, 0.1) is 0 Å².